The second-order valence-electron chi connectivity index (χ2n) is 6.36. The first kappa shape index (κ1) is 19.5. The van der Waals surface area contributed by atoms with E-state index in [1.807, 2.05) is 48.5 Å². The van der Waals surface area contributed by atoms with Gasteiger partial charge in [-0.2, -0.15) is 5.26 Å². The molecular formula is C23H19ClN2O2. The standard InChI is InChI=1S/C23H19ClN2O2/c1-26(15-18-7-5-6-17(12-18)14-25)23(27)16-28-22-11-10-20(13-21(22)24)19-8-3-2-4-9-19/h2-13H,15-16H2,1H3. The van der Waals surface area contributed by atoms with Gasteiger partial charge in [0.25, 0.3) is 5.91 Å². The Morgan fingerprint density at radius 1 is 1.04 bits per heavy atom. The second kappa shape index (κ2) is 9.07. The molecule has 0 aromatic heterocycles. The summed E-state index contributed by atoms with van der Waals surface area (Å²) in [6, 6.07) is 24.7. The van der Waals surface area contributed by atoms with Crippen molar-refractivity contribution in [1.29, 1.82) is 5.26 Å². The highest BCUT2D eigenvalue weighted by Gasteiger charge is 2.12. The predicted molar refractivity (Wildman–Crippen MR) is 110 cm³/mol. The smallest absolute Gasteiger partial charge is 0.260 e. The first-order valence-corrected chi connectivity index (χ1v) is 9.15. The maximum absolute atomic E-state index is 12.4. The molecule has 28 heavy (non-hydrogen) atoms. The van der Waals surface area contributed by atoms with E-state index in [9.17, 15) is 4.79 Å². The first-order chi connectivity index (χ1) is 13.6. The van der Waals surface area contributed by atoms with Gasteiger partial charge in [0.1, 0.15) is 5.75 Å². The number of carbonyl (C=O) groups excluding carboxylic acids is 1. The maximum Gasteiger partial charge on any atom is 0.260 e. The Bertz CT molecular complexity index is 1010. The molecule has 0 saturated heterocycles. The van der Waals surface area contributed by atoms with Crippen LogP contribution in [0.5, 0.6) is 5.75 Å². The molecule has 0 aliphatic carbocycles. The summed E-state index contributed by atoms with van der Waals surface area (Å²) in [6.45, 7) is 0.289. The van der Waals surface area contributed by atoms with Crippen LogP contribution in [0.1, 0.15) is 11.1 Å². The minimum atomic E-state index is -0.175. The number of hydrogen-bond donors (Lipinski definition) is 0. The number of nitrogens with zero attached hydrogens (tertiary/aromatic N) is 2. The molecule has 3 rings (SSSR count). The molecular weight excluding hydrogens is 372 g/mol. The summed E-state index contributed by atoms with van der Waals surface area (Å²) >= 11 is 6.32. The van der Waals surface area contributed by atoms with E-state index in [0.717, 1.165) is 16.7 Å². The lowest BCUT2D eigenvalue weighted by atomic mass is 10.1. The Labute approximate surface area is 169 Å². The number of nitriles is 1. The van der Waals surface area contributed by atoms with Crippen LogP contribution < -0.4 is 4.74 Å². The van der Waals surface area contributed by atoms with E-state index in [-0.39, 0.29) is 12.5 Å². The maximum atomic E-state index is 12.4. The van der Waals surface area contributed by atoms with Crippen molar-refractivity contribution in [3.8, 4) is 22.9 Å². The number of ether oxygens (including phenoxy) is 1. The monoisotopic (exact) mass is 390 g/mol. The van der Waals surface area contributed by atoms with E-state index in [1.165, 1.54) is 0 Å². The van der Waals surface area contributed by atoms with Crippen LogP contribution in [-0.2, 0) is 11.3 Å². The largest absolute Gasteiger partial charge is 0.482 e. The Morgan fingerprint density at radius 2 is 1.82 bits per heavy atom. The molecule has 0 heterocycles. The average Bonchev–Trinajstić information content (AvgIpc) is 2.73. The Hall–Kier alpha value is -3.29. The van der Waals surface area contributed by atoms with E-state index in [4.69, 9.17) is 21.6 Å². The predicted octanol–water partition coefficient (Wildman–Crippen LogP) is 4.92. The molecule has 0 bridgehead atoms. The van der Waals surface area contributed by atoms with Crippen LogP contribution in [0.2, 0.25) is 5.02 Å². The molecule has 3 aromatic carbocycles. The molecule has 4 nitrogen and oxygen atoms in total. The van der Waals surface area contributed by atoms with Gasteiger partial charge in [-0.3, -0.25) is 4.79 Å². The topological polar surface area (TPSA) is 53.3 Å². The summed E-state index contributed by atoms with van der Waals surface area (Å²) in [5.41, 5.74) is 3.50. The molecule has 0 saturated carbocycles. The quantitative estimate of drug-likeness (QED) is 0.600. The van der Waals surface area contributed by atoms with Gasteiger partial charge in [0.2, 0.25) is 0 Å². The fraction of sp³-hybridized carbons (Fsp3) is 0.130. The number of likely N-dealkylation sites (N-methyl/N-ethyl adjacent to an activating group) is 1. The van der Waals surface area contributed by atoms with Gasteiger partial charge in [-0.15, -0.1) is 0 Å². The zero-order chi connectivity index (χ0) is 19.9. The zero-order valence-electron chi connectivity index (χ0n) is 15.4. The van der Waals surface area contributed by atoms with E-state index in [2.05, 4.69) is 6.07 Å². The molecule has 0 spiro atoms. The number of benzene rings is 3. The Kier molecular flexibility index (Phi) is 6.31. The molecule has 1 amide bonds. The number of carbonyl (C=O) groups is 1. The van der Waals surface area contributed by atoms with Crippen LogP contribution in [-0.4, -0.2) is 24.5 Å². The van der Waals surface area contributed by atoms with Crippen LogP contribution in [0.15, 0.2) is 72.8 Å². The minimum Gasteiger partial charge on any atom is -0.482 e. The van der Waals surface area contributed by atoms with E-state index >= 15 is 0 Å². The molecule has 0 aliphatic rings. The van der Waals surface area contributed by atoms with Gasteiger partial charge in [0.15, 0.2) is 6.61 Å². The van der Waals surface area contributed by atoms with Gasteiger partial charge >= 0.3 is 0 Å². The lowest BCUT2D eigenvalue weighted by Crippen LogP contribution is -2.31. The third kappa shape index (κ3) is 4.91. The third-order valence-electron chi connectivity index (χ3n) is 4.29. The number of rotatable bonds is 6. The summed E-state index contributed by atoms with van der Waals surface area (Å²) in [5.74, 6) is 0.292. The zero-order valence-corrected chi connectivity index (χ0v) is 16.2. The third-order valence-corrected chi connectivity index (χ3v) is 4.59. The highest BCUT2D eigenvalue weighted by Crippen LogP contribution is 2.30. The summed E-state index contributed by atoms with van der Waals surface area (Å²) in [7, 11) is 1.70. The van der Waals surface area contributed by atoms with Crippen molar-refractivity contribution in [1.82, 2.24) is 4.90 Å². The van der Waals surface area contributed by atoms with Gasteiger partial charge in [0.05, 0.1) is 16.7 Å². The van der Waals surface area contributed by atoms with Crippen molar-refractivity contribution >= 4 is 17.5 Å². The average molecular weight is 391 g/mol. The summed E-state index contributed by atoms with van der Waals surface area (Å²) in [4.78, 5) is 13.9. The lowest BCUT2D eigenvalue weighted by molar-refractivity contribution is -0.132. The summed E-state index contributed by atoms with van der Waals surface area (Å²) < 4.78 is 5.62. The fourth-order valence-corrected chi connectivity index (χ4v) is 3.01. The van der Waals surface area contributed by atoms with Crippen molar-refractivity contribution in [2.75, 3.05) is 13.7 Å². The molecule has 3 aromatic rings. The molecule has 0 aliphatic heterocycles. The van der Waals surface area contributed by atoms with Crippen LogP contribution in [0.4, 0.5) is 0 Å². The highest BCUT2D eigenvalue weighted by atomic mass is 35.5. The van der Waals surface area contributed by atoms with Gasteiger partial charge < -0.3 is 9.64 Å². The fourth-order valence-electron chi connectivity index (χ4n) is 2.78. The van der Waals surface area contributed by atoms with Crippen LogP contribution in [0.25, 0.3) is 11.1 Å². The first-order valence-electron chi connectivity index (χ1n) is 8.77. The van der Waals surface area contributed by atoms with Crippen LogP contribution in [0.3, 0.4) is 0 Å². The molecule has 0 N–H and O–H groups in total. The van der Waals surface area contributed by atoms with Gasteiger partial charge in [-0.1, -0.05) is 60.1 Å². The van der Waals surface area contributed by atoms with Crippen LogP contribution in [0, 0.1) is 11.3 Å². The number of halogens is 1. The van der Waals surface area contributed by atoms with Gasteiger partial charge in [-0.05, 0) is 41.0 Å². The second-order valence-corrected chi connectivity index (χ2v) is 6.77. The number of amides is 1. The molecule has 0 fully saturated rings. The van der Waals surface area contributed by atoms with Crippen molar-refractivity contribution in [2.24, 2.45) is 0 Å². The van der Waals surface area contributed by atoms with Crippen molar-refractivity contribution in [3.63, 3.8) is 0 Å². The minimum absolute atomic E-state index is 0.112. The summed E-state index contributed by atoms with van der Waals surface area (Å²) in [6.07, 6.45) is 0. The SMILES string of the molecule is CN(Cc1cccc(C#N)c1)C(=O)COc1ccc(-c2ccccc2)cc1Cl. The van der Waals surface area contributed by atoms with E-state index in [1.54, 1.807) is 36.2 Å². The van der Waals surface area contributed by atoms with E-state index < -0.39 is 0 Å². The van der Waals surface area contributed by atoms with Crippen molar-refractivity contribution in [3.05, 3.63) is 88.9 Å². The van der Waals surface area contributed by atoms with Crippen molar-refractivity contribution < 1.29 is 9.53 Å². The normalized spacial score (nSPS) is 10.2. The Balaban J connectivity index is 1.60. The number of hydrogen-bond acceptors (Lipinski definition) is 3. The van der Waals surface area contributed by atoms with Crippen LogP contribution >= 0.6 is 11.6 Å². The lowest BCUT2D eigenvalue weighted by Gasteiger charge is -2.18. The molecule has 5 heteroatoms. The van der Waals surface area contributed by atoms with Gasteiger partial charge in [0, 0.05) is 13.6 Å². The Morgan fingerprint density at radius 3 is 2.54 bits per heavy atom. The highest BCUT2D eigenvalue weighted by molar-refractivity contribution is 6.32. The summed E-state index contributed by atoms with van der Waals surface area (Å²) in [5, 5.41) is 9.43. The molecule has 0 atom stereocenters. The molecule has 140 valence electrons. The van der Waals surface area contributed by atoms with E-state index in [0.29, 0.717) is 22.9 Å². The van der Waals surface area contributed by atoms with Gasteiger partial charge in [-0.25, -0.2) is 0 Å². The van der Waals surface area contributed by atoms with Crippen molar-refractivity contribution in [2.45, 2.75) is 6.54 Å². The molecule has 0 radical (unpaired) electrons. The molecule has 0 unspecified atom stereocenters.